The topological polar surface area (TPSA) is 59.2 Å². The molecule has 0 bridgehead atoms. The van der Waals surface area contributed by atoms with Gasteiger partial charge in [-0.05, 0) is 31.6 Å². The molecule has 0 radical (unpaired) electrons. The molecule has 5 nitrogen and oxygen atoms in total. The van der Waals surface area contributed by atoms with Crippen molar-refractivity contribution in [2.75, 3.05) is 13.1 Å². The molecule has 1 amide bonds. The molecule has 0 unspecified atom stereocenters. The van der Waals surface area contributed by atoms with Gasteiger partial charge in [0.1, 0.15) is 0 Å². The molecular formula is C16H23N3O2. The van der Waals surface area contributed by atoms with E-state index in [9.17, 15) is 4.79 Å². The number of carbonyl (C=O) groups excluding carboxylic acids is 1. The molecule has 2 saturated carbocycles. The summed E-state index contributed by atoms with van der Waals surface area (Å²) in [6.45, 7) is 1.52. The Morgan fingerprint density at radius 3 is 2.57 bits per heavy atom. The van der Waals surface area contributed by atoms with E-state index in [2.05, 4.69) is 10.1 Å². The second-order valence-corrected chi connectivity index (χ2v) is 6.97. The van der Waals surface area contributed by atoms with Crippen LogP contribution in [0.3, 0.4) is 0 Å². The monoisotopic (exact) mass is 289 g/mol. The normalized spacial score (nSPS) is 24.1. The van der Waals surface area contributed by atoms with Gasteiger partial charge in [-0.3, -0.25) is 4.79 Å². The lowest BCUT2D eigenvalue weighted by molar-refractivity contribution is -0.137. The number of likely N-dealkylation sites (tertiary alicyclic amines) is 1. The van der Waals surface area contributed by atoms with Gasteiger partial charge in [-0.2, -0.15) is 4.98 Å². The third kappa shape index (κ3) is 2.83. The molecule has 0 spiro atoms. The third-order valence-corrected chi connectivity index (χ3v) is 5.17. The Balaban J connectivity index is 1.26. The van der Waals surface area contributed by atoms with E-state index in [0.29, 0.717) is 17.7 Å². The minimum atomic E-state index is 0.264. The summed E-state index contributed by atoms with van der Waals surface area (Å²) in [5.74, 6) is 3.35. The highest BCUT2D eigenvalue weighted by Gasteiger charge is 2.37. The lowest BCUT2D eigenvalue weighted by atomic mass is 9.86. The molecule has 114 valence electrons. The Morgan fingerprint density at radius 1 is 1.10 bits per heavy atom. The van der Waals surface area contributed by atoms with E-state index in [1.165, 1.54) is 44.9 Å². The van der Waals surface area contributed by atoms with E-state index in [0.717, 1.165) is 31.2 Å². The van der Waals surface area contributed by atoms with E-state index in [4.69, 9.17) is 4.52 Å². The summed E-state index contributed by atoms with van der Waals surface area (Å²) in [4.78, 5) is 18.7. The number of aromatic nitrogens is 2. The Hall–Kier alpha value is -1.39. The molecule has 0 atom stereocenters. The fourth-order valence-corrected chi connectivity index (χ4v) is 3.53. The zero-order valence-corrected chi connectivity index (χ0v) is 12.5. The summed E-state index contributed by atoms with van der Waals surface area (Å²) in [5, 5.41) is 4.06. The maximum atomic E-state index is 12.3. The quantitative estimate of drug-likeness (QED) is 0.855. The highest BCUT2D eigenvalue weighted by molar-refractivity contribution is 5.77. The maximum absolute atomic E-state index is 12.3. The minimum absolute atomic E-state index is 0.264. The van der Waals surface area contributed by atoms with Gasteiger partial charge >= 0.3 is 0 Å². The number of nitrogens with zero attached hydrogens (tertiary/aromatic N) is 3. The van der Waals surface area contributed by atoms with Crippen molar-refractivity contribution in [3.05, 3.63) is 11.7 Å². The van der Waals surface area contributed by atoms with Gasteiger partial charge in [0.25, 0.3) is 0 Å². The van der Waals surface area contributed by atoms with Crippen LogP contribution in [0.5, 0.6) is 0 Å². The van der Waals surface area contributed by atoms with Crippen LogP contribution < -0.4 is 0 Å². The Bertz CT molecular complexity index is 511. The average molecular weight is 289 g/mol. The van der Waals surface area contributed by atoms with Gasteiger partial charge in [-0.25, -0.2) is 0 Å². The van der Waals surface area contributed by atoms with Gasteiger partial charge in [-0.1, -0.05) is 24.4 Å². The summed E-state index contributed by atoms with van der Waals surface area (Å²) in [5.41, 5.74) is 0. The smallest absolute Gasteiger partial charge is 0.233 e. The Labute approximate surface area is 125 Å². The molecule has 0 N–H and O–H groups in total. The van der Waals surface area contributed by atoms with Crippen LogP contribution in [0.25, 0.3) is 0 Å². The lowest BCUT2D eigenvalue weighted by Crippen LogP contribution is -2.49. The van der Waals surface area contributed by atoms with Crippen LogP contribution in [0.4, 0.5) is 0 Å². The number of hydrogen-bond acceptors (Lipinski definition) is 4. The standard InChI is InChI=1S/C16H23N3O2/c20-14(8-11-4-2-1-3-5-11)19-9-13(10-19)16-17-15(18-21-16)12-6-7-12/h11-13H,1-10H2. The van der Waals surface area contributed by atoms with E-state index in [1.807, 2.05) is 4.90 Å². The van der Waals surface area contributed by atoms with E-state index in [1.54, 1.807) is 0 Å². The van der Waals surface area contributed by atoms with Crippen molar-refractivity contribution in [3.63, 3.8) is 0 Å². The average Bonchev–Trinajstić information content (AvgIpc) is 3.18. The summed E-state index contributed by atoms with van der Waals surface area (Å²) in [6, 6.07) is 0. The SMILES string of the molecule is O=C(CC1CCCCC1)N1CC(c2nc(C3CC3)no2)C1. The van der Waals surface area contributed by atoms with Crippen LogP contribution in [-0.2, 0) is 4.79 Å². The van der Waals surface area contributed by atoms with Crippen molar-refractivity contribution in [1.29, 1.82) is 0 Å². The van der Waals surface area contributed by atoms with Crippen molar-refractivity contribution in [2.45, 2.75) is 63.2 Å². The Morgan fingerprint density at radius 2 is 1.86 bits per heavy atom. The lowest BCUT2D eigenvalue weighted by Gasteiger charge is -2.38. The molecular weight excluding hydrogens is 266 g/mol. The molecule has 1 aromatic heterocycles. The molecule has 2 aliphatic carbocycles. The Kier molecular flexibility index (Phi) is 3.43. The van der Waals surface area contributed by atoms with Crippen LogP contribution in [-0.4, -0.2) is 34.0 Å². The molecule has 3 aliphatic rings. The summed E-state index contributed by atoms with van der Waals surface area (Å²) < 4.78 is 5.35. The molecule has 0 aromatic carbocycles. The maximum Gasteiger partial charge on any atom is 0.233 e. The van der Waals surface area contributed by atoms with E-state index in [-0.39, 0.29) is 5.92 Å². The number of rotatable bonds is 4. The highest BCUT2D eigenvalue weighted by Crippen LogP contribution is 2.39. The van der Waals surface area contributed by atoms with Crippen LogP contribution in [0.2, 0.25) is 0 Å². The molecule has 1 saturated heterocycles. The van der Waals surface area contributed by atoms with Crippen LogP contribution in [0.15, 0.2) is 4.52 Å². The first-order valence-electron chi connectivity index (χ1n) is 8.41. The van der Waals surface area contributed by atoms with Gasteiger partial charge in [0, 0.05) is 25.4 Å². The van der Waals surface area contributed by atoms with Crippen molar-refractivity contribution in [2.24, 2.45) is 5.92 Å². The fourth-order valence-electron chi connectivity index (χ4n) is 3.53. The van der Waals surface area contributed by atoms with Crippen molar-refractivity contribution >= 4 is 5.91 Å². The largest absolute Gasteiger partial charge is 0.341 e. The predicted molar refractivity (Wildman–Crippen MR) is 76.8 cm³/mol. The zero-order chi connectivity index (χ0) is 14.2. The molecule has 1 aliphatic heterocycles. The van der Waals surface area contributed by atoms with E-state index >= 15 is 0 Å². The van der Waals surface area contributed by atoms with Gasteiger partial charge in [0.2, 0.25) is 11.8 Å². The number of hydrogen-bond donors (Lipinski definition) is 0. The molecule has 21 heavy (non-hydrogen) atoms. The fraction of sp³-hybridized carbons (Fsp3) is 0.812. The second-order valence-electron chi connectivity index (χ2n) is 6.97. The van der Waals surface area contributed by atoms with Gasteiger partial charge < -0.3 is 9.42 Å². The third-order valence-electron chi connectivity index (χ3n) is 5.17. The molecule has 3 fully saturated rings. The van der Waals surface area contributed by atoms with Crippen LogP contribution >= 0.6 is 0 Å². The van der Waals surface area contributed by atoms with Crippen LogP contribution in [0.1, 0.15) is 74.9 Å². The van der Waals surface area contributed by atoms with Crippen LogP contribution in [0, 0.1) is 5.92 Å². The summed E-state index contributed by atoms with van der Waals surface area (Å²) >= 11 is 0. The molecule has 1 aromatic rings. The first-order chi connectivity index (χ1) is 10.3. The number of amides is 1. The van der Waals surface area contributed by atoms with Crippen molar-refractivity contribution < 1.29 is 9.32 Å². The van der Waals surface area contributed by atoms with E-state index < -0.39 is 0 Å². The van der Waals surface area contributed by atoms with Gasteiger partial charge in [0.15, 0.2) is 5.82 Å². The van der Waals surface area contributed by atoms with Crippen molar-refractivity contribution in [1.82, 2.24) is 15.0 Å². The molecule has 5 heteroatoms. The predicted octanol–water partition coefficient (Wildman–Crippen LogP) is 2.84. The highest BCUT2D eigenvalue weighted by atomic mass is 16.5. The van der Waals surface area contributed by atoms with Crippen molar-refractivity contribution in [3.8, 4) is 0 Å². The number of carbonyl (C=O) groups is 1. The first kappa shape index (κ1) is 13.3. The summed E-state index contributed by atoms with van der Waals surface area (Å²) in [6.07, 6.45) is 9.53. The first-order valence-corrected chi connectivity index (χ1v) is 8.41. The summed E-state index contributed by atoms with van der Waals surface area (Å²) in [7, 11) is 0. The zero-order valence-electron chi connectivity index (χ0n) is 12.5. The second kappa shape index (κ2) is 5.43. The minimum Gasteiger partial charge on any atom is -0.341 e. The van der Waals surface area contributed by atoms with Gasteiger partial charge in [0.05, 0.1) is 5.92 Å². The van der Waals surface area contributed by atoms with Gasteiger partial charge in [-0.15, -0.1) is 0 Å². The molecule has 2 heterocycles. The molecule has 4 rings (SSSR count).